The average Bonchev–Trinajstić information content (AvgIpc) is 2.30. The number of nitrogens with one attached hydrogen (secondary N) is 2. The topological polar surface area (TPSA) is 95.5 Å². The summed E-state index contributed by atoms with van der Waals surface area (Å²) in [7, 11) is 0. The largest absolute Gasteiger partial charge is 0.481 e. The molecule has 0 aromatic heterocycles. The SMILES string of the molecule is CCCCCNC(=O)CNC(=O)C(C)CC(=O)O. The monoisotopic (exact) mass is 258 g/mol. The second kappa shape index (κ2) is 9.44. The lowest BCUT2D eigenvalue weighted by molar-refractivity contribution is -0.140. The molecule has 18 heavy (non-hydrogen) atoms. The van der Waals surface area contributed by atoms with E-state index in [0.717, 1.165) is 19.3 Å². The van der Waals surface area contributed by atoms with E-state index in [1.807, 2.05) is 0 Å². The van der Waals surface area contributed by atoms with Gasteiger partial charge in [0.15, 0.2) is 0 Å². The maximum Gasteiger partial charge on any atom is 0.304 e. The molecule has 0 bridgehead atoms. The van der Waals surface area contributed by atoms with E-state index in [9.17, 15) is 14.4 Å². The molecule has 0 rings (SSSR count). The highest BCUT2D eigenvalue weighted by molar-refractivity contribution is 5.87. The number of unbranched alkanes of at least 4 members (excludes halogenated alkanes) is 2. The first-order valence-electron chi connectivity index (χ1n) is 6.23. The first-order valence-corrected chi connectivity index (χ1v) is 6.23. The lowest BCUT2D eigenvalue weighted by Crippen LogP contribution is -2.39. The van der Waals surface area contributed by atoms with E-state index in [4.69, 9.17) is 5.11 Å². The summed E-state index contributed by atoms with van der Waals surface area (Å²) in [4.78, 5) is 33.1. The molecular weight excluding hydrogens is 236 g/mol. The lowest BCUT2D eigenvalue weighted by atomic mass is 10.1. The van der Waals surface area contributed by atoms with E-state index in [2.05, 4.69) is 17.6 Å². The normalized spacial score (nSPS) is 11.7. The van der Waals surface area contributed by atoms with Gasteiger partial charge in [0.25, 0.3) is 0 Å². The molecule has 0 saturated carbocycles. The third-order valence-corrected chi connectivity index (χ3v) is 2.45. The number of carboxylic acids is 1. The Balaban J connectivity index is 3.71. The fourth-order valence-electron chi connectivity index (χ4n) is 1.36. The van der Waals surface area contributed by atoms with Gasteiger partial charge in [-0.1, -0.05) is 26.7 Å². The van der Waals surface area contributed by atoms with Crippen molar-refractivity contribution in [1.29, 1.82) is 0 Å². The molecule has 1 atom stereocenters. The lowest BCUT2D eigenvalue weighted by Gasteiger charge is -2.10. The Kier molecular flexibility index (Phi) is 8.61. The summed E-state index contributed by atoms with van der Waals surface area (Å²) in [5.74, 6) is -2.32. The van der Waals surface area contributed by atoms with Crippen molar-refractivity contribution >= 4 is 17.8 Å². The minimum absolute atomic E-state index is 0.102. The van der Waals surface area contributed by atoms with Crippen molar-refractivity contribution in [3.63, 3.8) is 0 Å². The zero-order valence-corrected chi connectivity index (χ0v) is 11.0. The fraction of sp³-hybridized carbons (Fsp3) is 0.750. The maximum absolute atomic E-state index is 11.4. The first-order chi connectivity index (χ1) is 8.47. The van der Waals surface area contributed by atoms with Gasteiger partial charge < -0.3 is 15.7 Å². The summed E-state index contributed by atoms with van der Waals surface area (Å²) in [6.07, 6.45) is 2.83. The molecule has 3 N–H and O–H groups in total. The fourth-order valence-corrected chi connectivity index (χ4v) is 1.36. The number of hydrogen-bond acceptors (Lipinski definition) is 3. The van der Waals surface area contributed by atoms with Crippen LogP contribution in [0.2, 0.25) is 0 Å². The van der Waals surface area contributed by atoms with Gasteiger partial charge in [-0.05, 0) is 6.42 Å². The molecule has 0 radical (unpaired) electrons. The molecule has 0 aliphatic heterocycles. The second-order valence-electron chi connectivity index (χ2n) is 4.27. The molecule has 2 amide bonds. The summed E-state index contributed by atoms with van der Waals surface area (Å²) in [6, 6.07) is 0. The van der Waals surface area contributed by atoms with E-state index in [1.54, 1.807) is 0 Å². The Bertz CT molecular complexity index is 292. The maximum atomic E-state index is 11.4. The second-order valence-corrected chi connectivity index (χ2v) is 4.27. The molecule has 6 nitrogen and oxygen atoms in total. The highest BCUT2D eigenvalue weighted by atomic mass is 16.4. The van der Waals surface area contributed by atoms with Crippen LogP contribution in [0.1, 0.15) is 39.5 Å². The molecule has 0 spiro atoms. The zero-order chi connectivity index (χ0) is 14.0. The van der Waals surface area contributed by atoms with Crippen molar-refractivity contribution in [3.8, 4) is 0 Å². The molecule has 0 aliphatic rings. The van der Waals surface area contributed by atoms with Crippen LogP contribution in [0.25, 0.3) is 0 Å². The van der Waals surface area contributed by atoms with Crippen molar-refractivity contribution in [3.05, 3.63) is 0 Å². The highest BCUT2D eigenvalue weighted by Crippen LogP contribution is 2.00. The van der Waals surface area contributed by atoms with Crippen molar-refractivity contribution in [2.24, 2.45) is 5.92 Å². The number of aliphatic carboxylic acids is 1. The van der Waals surface area contributed by atoms with Crippen LogP contribution in [0, 0.1) is 5.92 Å². The van der Waals surface area contributed by atoms with Crippen molar-refractivity contribution < 1.29 is 19.5 Å². The number of carbonyl (C=O) groups excluding carboxylic acids is 2. The van der Waals surface area contributed by atoms with Crippen LogP contribution >= 0.6 is 0 Å². The van der Waals surface area contributed by atoms with Gasteiger partial charge in [0, 0.05) is 12.5 Å². The molecule has 0 aromatic rings. The van der Waals surface area contributed by atoms with Gasteiger partial charge in [0.2, 0.25) is 11.8 Å². The Morgan fingerprint density at radius 1 is 1.17 bits per heavy atom. The first kappa shape index (κ1) is 16.4. The summed E-state index contributed by atoms with van der Waals surface area (Å²) >= 11 is 0. The van der Waals surface area contributed by atoms with Crippen LogP contribution in [0.3, 0.4) is 0 Å². The van der Waals surface area contributed by atoms with Gasteiger partial charge in [-0.2, -0.15) is 0 Å². The Labute approximate surface area is 107 Å². The number of carbonyl (C=O) groups is 3. The zero-order valence-electron chi connectivity index (χ0n) is 11.0. The standard InChI is InChI=1S/C12H22N2O4/c1-3-4-5-6-13-10(15)8-14-12(18)9(2)7-11(16)17/h9H,3-8H2,1-2H3,(H,13,15)(H,14,18)(H,16,17). The van der Waals surface area contributed by atoms with Crippen LogP contribution in [0.5, 0.6) is 0 Å². The Hall–Kier alpha value is -1.59. The van der Waals surface area contributed by atoms with Crippen molar-refractivity contribution in [2.45, 2.75) is 39.5 Å². The summed E-state index contributed by atoms with van der Waals surface area (Å²) in [5.41, 5.74) is 0. The van der Waals surface area contributed by atoms with Gasteiger partial charge in [0.1, 0.15) is 0 Å². The minimum atomic E-state index is -1.03. The third kappa shape index (κ3) is 8.55. The predicted octanol–water partition coefficient (Wildman–Crippen LogP) is 0.520. The van der Waals surface area contributed by atoms with Gasteiger partial charge in [-0.25, -0.2) is 0 Å². The Morgan fingerprint density at radius 2 is 1.83 bits per heavy atom. The number of carboxylic acid groups (broad SMARTS) is 1. The molecular formula is C12H22N2O4. The third-order valence-electron chi connectivity index (χ3n) is 2.45. The van der Waals surface area contributed by atoms with E-state index in [-0.39, 0.29) is 18.9 Å². The summed E-state index contributed by atoms with van der Waals surface area (Å²) in [5, 5.41) is 13.6. The molecule has 0 fully saturated rings. The van der Waals surface area contributed by atoms with Gasteiger partial charge >= 0.3 is 5.97 Å². The number of hydrogen-bond donors (Lipinski definition) is 3. The van der Waals surface area contributed by atoms with Gasteiger partial charge in [-0.3, -0.25) is 14.4 Å². The molecule has 0 aromatic carbocycles. The Morgan fingerprint density at radius 3 is 2.39 bits per heavy atom. The van der Waals surface area contributed by atoms with E-state index < -0.39 is 17.8 Å². The van der Waals surface area contributed by atoms with Crippen molar-refractivity contribution in [2.75, 3.05) is 13.1 Å². The molecule has 0 heterocycles. The molecule has 104 valence electrons. The molecule has 6 heteroatoms. The van der Waals surface area contributed by atoms with E-state index >= 15 is 0 Å². The molecule has 0 saturated heterocycles. The van der Waals surface area contributed by atoms with Gasteiger partial charge in [0.05, 0.1) is 13.0 Å². The average molecular weight is 258 g/mol. The van der Waals surface area contributed by atoms with Crippen LogP contribution in [0.15, 0.2) is 0 Å². The molecule has 1 unspecified atom stereocenters. The van der Waals surface area contributed by atoms with Crippen LogP contribution in [-0.4, -0.2) is 36.0 Å². The minimum Gasteiger partial charge on any atom is -0.481 e. The van der Waals surface area contributed by atoms with Gasteiger partial charge in [-0.15, -0.1) is 0 Å². The van der Waals surface area contributed by atoms with Crippen LogP contribution in [0.4, 0.5) is 0 Å². The summed E-state index contributed by atoms with van der Waals surface area (Å²) in [6.45, 7) is 4.09. The number of amides is 2. The van der Waals surface area contributed by atoms with E-state index in [0.29, 0.717) is 6.54 Å². The smallest absolute Gasteiger partial charge is 0.304 e. The quantitative estimate of drug-likeness (QED) is 0.525. The predicted molar refractivity (Wildman–Crippen MR) is 67.0 cm³/mol. The van der Waals surface area contributed by atoms with Crippen molar-refractivity contribution in [1.82, 2.24) is 10.6 Å². The van der Waals surface area contributed by atoms with Crippen LogP contribution in [-0.2, 0) is 14.4 Å². The molecule has 0 aliphatic carbocycles. The summed E-state index contributed by atoms with van der Waals surface area (Å²) < 4.78 is 0. The van der Waals surface area contributed by atoms with E-state index in [1.165, 1.54) is 6.92 Å². The van der Waals surface area contributed by atoms with Crippen LogP contribution < -0.4 is 10.6 Å². The number of rotatable bonds is 9. The highest BCUT2D eigenvalue weighted by Gasteiger charge is 2.16.